The summed E-state index contributed by atoms with van der Waals surface area (Å²) in [5.41, 5.74) is 1.07. The van der Waals surface area contributed by atoms with Crippen molar-refractivity contribution >= 4 is 5.91 Å². The van der Waals surface area contributed by atoms with E-state index in [1.54, 1.807) is 12.1 Å². The molecule has 2 rings (SSSR count). The van der Waals surface area contributed by atoms with Crippen LogP contribution in [-0.4, -0.2) is 23.2 Å². The van der Waals surface area contributed by atoms with Gasteiger partial charge in [-0.15, -0.1) is 0 Å². The first-order chi connectivity index (χ1) is 9.97. The van der Waals surface area contributed by atoms with Crippen LogP contribution in [0, 0.1) is 11.7 Å². The molecule has 0 aromatic heterocycles. The fourth-order valence-corrected chi connectivity index (χ4v) is 2.93. The Morgan fingerprint density at radius 2 is 2.00 bits per heavy atom. The third-order valence-corrected chi connectivity index (χ3v) is 4.32. The fraction of sp³-hybridized carbons (Fsp3) is 0.588. The Labute approximate surface area is 125 Å². The number of amides is 1. The number of hydrogen-bond acceptors (Lipinski definition) is 2. The number of aliphatic hydroxyl groups excluding tert-OH is 1. The van der Waals surface area contributed by atoms with Crippen molar-refractivity contribution in [2.45, 2.75) is 57.6 Å². The molecule has 4 heteroatoms. The number of benzene rings is 1. The van der Waals surface area contributed by atoms with E-state index in [1.807, 2.05) is 13.8 Å². The quantitative estimate of drug-likeness (QED) is 0.877. The summed E-state index contributed by atoms with van der Waals surface area (Å²) in [5.74, 6) is -0.0226. The van der Waals surface area contributed by atoms with Crippen LogP contribution in [0.3, 0.4) is 0 Å². The Morgan fingerprint density at radius 3 is 2.62 bits per heavy atom. The molecular formula is C17H24FNO2. The van der Waals surface area contributed by atoms with Crippen molar-refractivity contribution < 1.29 is 14.3 Å². The standard InChI is InChI=1S/C17H24FNO2/c1-11(2)16(20)10-17(21)19-15-5-3-4-14(15)12-6-8-13(18)9-7-12/h6-9,11,14-16,20H,3-5,10H2,1-2H3,(H,19,21). The van der Waals surface area contributed by atoms with E-state index in [0.29, 0.717) is 0 Å². The van der Waals surface area contributed by atoms with Gasteiger partial charge >= 0.3 is 0 Å². The van der Waals surface area contributed by atoms with Crippen molar-refractivity contribution in [2.24, 2.45) is 5.92 Å². The highest BCUT2D eigenvalue weighted by atomic mass is 19.1. The van der Waals surface area contributed by atoms with E-state index in [0.717, 1.165) is 24.8 Å². The number of halogens is 1. The predicted octanol–water partition coefficient (Wildman–Crippen LogP) is 2.99. The van der Waals surface area contributed by atoms with E-state index in [4.69, 9.17) is 0 Å². The van der Waals surface area contributed by atoms with Gasteiger partial charge in [0.2, 0.25) is 5.91 Å². The Bertz CT molecular complexity index is 472. The number of hydrogen-bond donors (Lipinski definition) is 2. The lowest BCUT2D eigenvalue weighted by Gasteiger charge is -2.23. The maximum atomic E-state index is 13.0. The van der Waals surface area contributed by atoms with Gasteiger partial charge in [0, 0.05) is 12.0 Å². The molecule has 1 saturated carbocycles. The van der Waals surface area contributed by atoms with Gasteiger partial charge in [-0.25, -0.2) is 4.39 Å². The van der Waals surface area contributed by atoms with E-state index in [2.05, 4.69) is 5.32 Å². The maximum Gasteiger partial charge on any atom is 0.222 e. The molecule has 0 radical (unpaired) electrons. The number of aliphatic hydroxyl groups is 1. The van der Waals surface area contributed by atoms with Gasteiger partial charge in [0.25, 0.3) is 0 Å². The van der Waals surface area contributed by atoms with Crippen LogP contribution >= 0.6 is 0 Å². The number of carbonyl (C=O) groups excluding carboxylic acids is 1. The maximum absolute atomic E-state index is 13.0. The molecule has 1 amide bonds. The largest absolute Gasteiger partial charge is 0.392 e. The highest BCUT2D eigenvalue weighted by molar-refractivity contribution is 5.77. The first kappa shape index (κ1) is 16.0. The Morgan fingerprint density at radius 1 is 1.33 bits per heavy atom. The van der Waals surface area contributed by atoms with Crippen LogP contribution in [-0.2, 0) is 4.79 Å². The first-order valence-electron chi connectivity index (χ1n) is 7.70. The second-order valence-electron chi connectivity index (χ2n) is 6.28. The van der Waals surface area contributed by atoms with Gasteiger partial charge in [0.05, 0.1) is 12.5 Å². The molecule has 116 valence electrons. The van der Waals surface area contributed by atoms with Gasteiger partial charge in [0.1, 0.15) is 5.82 Å². The molecule has 3 nitrogen and oxygen atoms in total. The highest BCUT2D eigenvalue weighted by Crippen LogP contribution is 2.34. The third-order valence-electron chi connectivity index (χ3n) is 4.32. The van der Waals surface area contributed by atoms with Crippen LogP contribution in [0.5, 0.6) is 0 Å². The molecule has 0 spiro atoms. The zero-order chi connectivity index (χ0) is 15.4. The molecule has 21 heavy (non-hydrogen) atoms. The van der Waals surface area contributed by atoms with Gasteiger partial charge in [-0.05, 0) is 36.5 Å². The second kappa shape index (κ2) is 7.03. The SMILES string of the molecule is CC(C)C(O)CC(=O)NC1CCCC1c1ccc(F)cc1. The van der Waals surface area contributed by atoms with E-state index in [9.17, 15) is 14.3 Å². The highest BCUT2D eigenvalue weighted by Gasteiger charge is 2.30. The Hall–Kier alpha value is -1.42. The monoisotopic (exact) mass is 293 g/mol. The zero-order valence-electron chi connectivity index (χ0n) is 12.7. The van der Waals surface area contributed by atoms with Crippen molar-refractivity contribution in [1.82, 2.24) is 5.32 Å². The normalized spacial score (nSPS) is 23.3. The first-order valence-corrected chi connectivity index (χ1v) is 7.70. The smallest absolute Gasteiger partial charge is 0.222 e. The van der Waals surface area contributed by atoms with E-state index >= 15 is 0 Å². The number of nitrogens with one attached hydrogen (secondary N) is 1. The summed E-state index contributed by atoms with van der Waals surface area (Å²) >= 11 is 0. The second-order valence-corrected chi connectivity index (χ2v) is 6.28. The third kappa shape index (κ3) is 4.27. The van der Waals surface area contributed by atoms with Crippen molar-refractivity contribution in [2.75, 3.05) is 0 Å². The average molecular weight is 293 g/mol. The molecule has 0 heterocycles. The molecule has 0 bridgehead atoms. The van der Waals surface area contributed by atoms with Gasteiger partial charge in [0.15, 0.2) is 0 Å². The van der Waals surface area contributed by atoms with Crippen molar-refractivity contribution in [1.29, 1.82) is 0 Å². The number of carbonyl (C=O) groups is 1. The molecule has 1 aromatic carbocycles. The molecule has 3 atom stereocenters. The molecule has 1 aromatic rings. The fourth-order valence-electron chi connectivity index (χ4n) is 2.93. The minimum atomic E-state index is -0.601. The summed E-state index contributed by atoms with van der Waals surface area (Å²) in [6.45, 7) is 3.80. The molecular weight excluding hydrogens is 269 g/mol. The molecule has 0 aliphatic heterocycles. The molecule has 0 saturated heterocycles. The average Bonchev–Trinajstić information content (AvgIpc) is 2.87. The van der Waals surface area contributed by atoms with Crippen molar-refractivity contribution in [3.8, 4) is 0 Å². The molecule has 2 N–H and O–H groups in total. The van der Waals surface area contributed by atoms with Crippen LogP contribution in [0.2, 0.25) is 0 Å². The summed E-state index contributed by atoms with van der Waals surface area (Å²) in [5, 5.41) is 12.8. The van der Waals surface area contributed by atoms with Crippen molar-refractivity contribution in [3.63, 3.8) is 0 Å². The predicted molar refractivity (Wildman–Crippen MR) is 80.4 cm³/mol. The Kier molecular flexibility index (Phi) is 5.34. The van der Waals surface area contributed by atoms with Gasteiger partial charge in [-0.3, -0.25) is 4.79 Å². The van der Waals surface area contributed by atoms with Crippen LogP contribution in [0.1, 0.15) is 51.0 Å². The van der Waals surface area contributed by atoms with Crippen LogP contribution in [0.4, 0.5) is 4.39 Å². The summed E-state index contributed by atoms with van der Waals surface area (Å²) in [6, 6.07) is 6.62. The van der Waals surface area contributed by atoms with Gasteiger partial charge < -0.3 is 10.4 Å². The summed E-state index contributed by atoms with van der Waals surface area (Å²) in [6.07, 6.45) is 2.54. The lowest BCUT2D eigenvalue weighted by Crippen LogP contribution is -2.38. The van der Waals surface area contributed by atoms with Crippen LogP contribution in [0.25, 0.3) is 0 Å². The molecule has 1 aliphatic rings. The summed E-state index contributed by atoms with van der Waals surface area (Å²) in [7, 11) is 0. The molecule has 1 aliphatic carbocycles. The topological polar surface area (TPSA) is 49.3 Å². The lowest BCUT2D eigenvalue weighted by atomic mass is 9.93. The summed E-state index contributed by atoms with van der Waals surface area (Å²) < 4.78 is 13.0. The van der Waals surface area contributed by atoms with Gasteiger partial charge in [-0.2, -0.15) is 0 Å². The van der Waals surface area contributed by atoms with Crippen LogP contribution in [0.15, 0.2) is 24.3 Å². The zero-order valence-corrected chi connectivity index (χ0v) is 12.7. The summed E-state index contributed by atoms with van der Waals surface area (Å²) in [4.78, 5) is 12.0. The lowest BCUT2D eigenvalue weighted by molar-refractivity contribution is -0.124. The molecule has 3 unspecified atom stereocenters. The number of rotatable bonds is 5. The molecule has 1 fully saturated rings. The van der Waals surface area contributed by atoms with E-state index < -0.39 is 6.10 Å². The minimum absolute atomic E-state index is 0.0761. The van der Waals surface area contributed by atoms with Crippen molar-refractivity contribution in [3.05, 3.63) is 35.6 Å². The van der Waals surface area contributed by atoms with Gasteiger partial charge in [-0.1, -0.05) is 32.4 Å². The Balaban J connectivity index is 1.96. The van der Waals surface area contributed by atoms with Crippen LogP contribution < -0.4 is 5.32 Å². The van der Waals surface area contributed by atoms with E-state index in [1.165, 1.54) is 12.1 Å². The van der Waals surface area contributed by atoms with E-state index in [-0.39, 0.29) is 36.0 Å². The minimum Gasteiger partial charge on any atom is -0.392 e.